The van der Waals surface area contributed by atoms with Gasteiger partial charge in [-0.3, -0.25) is 4.79 Å². The minimum atomic E-state index is -0.333. The second-order valence-electron chi connectivity index (χ2n) is 5.60. The van der Waals surface area contributed by atoms with Gasteiger partial charge >= 0.3 is 0 Å². The van der Waals surface area contributed by atoms with E-state index in [1.165, 1.54) is 55.5 Å². The number of carbonyl (C=O) groups excluding carboxylic acids is 1. The van der Waals surface area contributed by atoms with Gasteiger partial charge in [0.1, 0.15) is 5.75 Å². The van der Waals surface area contributed by atoms with Crippen molar-refractivity contribution in [3.8, 4) is 5.75 Å². The molecule has 4 nitrogen and oxygen atoms in total. The zero-order valence-corrected chi connectivity index (χ0v) is 12.8. The van der Waals surface area contributed by atoms with E-state index in [-0.39, 0.29) is 5.91 Å². The zero-order valence-electron chi connectivity index (χ0n) is 12.8. The third-order valence-electron chi connectivity index (χ3n) is 3.97. The third kappa shape index (κ3) is 4.00. The molecule has 4 heteroatoms. The third-order valence-corrected chi connectivity index (χ3v) is 3.97. The number of methoxy groups -OCH3 is 1. The summed E-state index contributed by atoms with van der Waals surface area (Å²) in [4.78, 5) is 12.6. The van der Waals surface area contributed by atoms with Crippen LogP contribution in [0.1, 0.15) is 50.5 Å². The number of hydrogen-bond acceptors (Lipinski definition) is 2. The summed E-state index contributed by atoms with van der Waals surface area (Å²) in [7, 11) is 1.73. The Kier molecular flexibility index (Phi) is 5.26. The van der Waals surface area contributed by atoms with Crippen LogP contribution in [0.4, 0.5) is 0 Å². The number of H-pyrrole nitrogens is 1. The van der Waals surface area contributed by atoms with Gasteiger partial charge in [0.05, 0.1) is 7.11 Å². The lowest BCUT2D eigenvalue weighted by atomic mass is 9.84. The van der Waals surface area contributed by atoms with E-state index in [4.69, 9.17) is 4.74 Å². The molecule has 1 aliphatic rings. The number of carbonyl (C=O) groups is 1. The van der Waals surface area contributed by atoms with Crippen molar-refractivity contribution >= 4 is 16.8 Å². The maximum absolute atomic E-state index is 9.22. The molecule has 3 N–H and O–H groups in total. The van der Waals surface area contributed by atoms with Gasteiger partial charge in [-0.2, -0.15) is 0 Å². The van der Waals surface area contributed by atoms with Crippen LogP contribution in [0, 0.1) is 0 Å². The summed E-state index contributed by atoms with van der Waals surface area (Å²) in [5.74, 6) is 1.36. The summed E-state index contributed by atoms with van der Waals surface area (Å²) in [5, 5.41) is 1.34. The van der Waals surface area contributed by atoms with Crippen LogP contribution in [-0.4, -0.2) is 18.0 Å². The van der Waals surface area contributed by atoms with Gasteiger partial charge in [0, 0.05) is 24.0 Å². The molecule has 0 saturated heterocycles. The Balaban J connectivity index is 0.000000361. The molecule has 0 aliphatic heterocycles. The molecule has 0 radical (unpaired) electrons. The predicted molar refractivity (Wildman–Crippen MR) is 85.5 cm³/mol. The van der Waals surface area contributed by atoms with E-state index in [0.717, 1.165) is 11.7 Å². The number of primary amides is 1. The molecule has 1 fully saturated rings. The van der Waals surface area contributed by atoms with Gasteiger partial charge in [-0.1, -0.05) is 19.3 Å². The van der Waals surface area contributed by atoms with E-state index in [0.29, 0.717) is 0 Å². The van der Waals surface area contributed by atoms with E-state index >= 15 is 0 Å². The summed E-state index contributed by atoms with van der Waals surface area (Å²) >= 11 is 0. The van der Waals surface area contributed by atoms with E-state index in [9.17, 15) is 4.79 Å². The SMILES string of the molecule is CC(N)=O.COc1ccc2[nH]cc(C3CCCCC3)c2c1. The van der Waals surface area contributed by atoms with Crippen LogP contribution < -0.4 is 10.5 Å². The molecule has 1 saturated carbocycles. The van der Waals surface area contributed by atoms with Crippen LogP contribution in [0.2, 0.25) is 0 Å². The summed E-state index contributed by atoms with van der Waals surface area (Å²) in [5.41, 5.74) is 7.19. The van der Waals surface area contributed by atoms with Gasteiger partial charge < -0.3 is 15.5 Å². The second-order valence-corrected chi connectivity index (χ2v) is 5.60. The van der Waals surface area contributed by atoms with Crippen LogP contribution in [0.3, 0.4) is 0 Å². The quantitative estimate of drug-likeness (QED) is 0.884. The van der Waals surface area contributed by atoms with Crippen molar-refractivity contribution in [2.45, 2.75) is 44.9 Å². The van der Waals surface area contributed by atoms with Crippen LogP contribution in [0.5, 0.6) is 5.75 Å². The van der Waals surface area contributed by atoms with Crippen molar-refractivity contribution in [1.29, 1.82) is 0 Å². The van der Waals surface area contributed by atoms with Crippen LogP contribution >= 0.6 is 0 Å². The van der Waals surface area contributed by atoms with E-state index in [1.54, 1.807) is 7.11 Å². The van der Waals surface area contributed by atoms with Crippen molar-refractivity contribution in [2.75, 3.05) is 7.11 Å². The van der Waals surface area contributed by atoms with Gasteiger partial charge in [0.25, 0.3) is 0 Å². The van der Waals surface area contributed by atoms with Crippen molar-refractivity contribution in [3.05, 3.63) is 30.0 Å². The number of benzene rings is 1. The fourth-order valence-corrected chi connectivity index (χ4v) is 3.00. The van der Waals surface area contributed by atoms with Gasteiger partial charge in [-0.05, 0) is 42.5 Å². The number of nitrogens with one attached hydrogen (secondary N) is 1. The van der Waals surface area contributed by atoms with Crippen molar-refractivity contribution in [3.63, 3.8) is 0 Å². The lowest BCUT2D eigenvalue weighted by Gasteiger charge is -2.21. The largest absolute Gasteiger partial charge is 0.497 e. The normalized spacial score (nSPS) is 15.3. The zero-order chi connectivity index (χ0) is 15.2. The minimum absolute atomic E-state index is 0.333. The molecule has 1 amide bonds. The highest BCUT2D eigenvalue weighted by Crippen LogP contribution is 2.37. The van der Waals surface area contributed by atoms with Crippen molar-refractivity contribution < 1.29 is 9.53 Å². The van der Waals surface area contributed by atoms with Crippen LogP contribution in [0.25, 0.3) is 10.9 Å². The standard InChI is InChI=1S/C15H19NO.C2H5NO/c1-17-12-7-8-15-13(9-12)14(10-16-15)11-5-3-2-4-6-11;1-2(3)4/h7-11,16H,2-6H2,1H3;1H3,(H2,3,4). The summed E-state index contributed by atoms with van der Waals surface area (Å²) in [6, 6.07) is 6.29. The molecule has 2 aromatic rings. The van der Waals surface area contributed by atoms with E-state index in [1.807, 2.05) is 6.07 Å². The number of aromatic amines is 1. The number of aromatic nitrogens is 1. The molecule has 1 aliphatic carbocycles. The lowest BCUT2D eigenvalue weighted by Crippen LogP contribution is -2.03. The number of hydrogen-bond donors (Lipinski definition) is 2. The highest BCUT2D eigenvalue weighted by atomic mass is 16.5. The Morgan fingerprint density at radius 2 is 1.95 bits per heavy atom. The first-order valence-electron chi connectivity index (χ1n) is 7.53. The number of rotatable bonds is 2. The first kappa shape index (κ1) is 15.4. The van der Waals surface area contributed by atoms with Gasteiger partial charge in [-0.15, -0.1) is 0 Å². The average Bonchev–Trinajstić information content (AvgIpc) is 2.90. The molecule has 1 aromatic heterocycles. The Bertz CT molecular complexity index is 594. The van der Waals surface area contributed by atoms with Crippen LogP contribution in [-0.2, 0) is 4.79 Å². The average molecular weight is 288 g/mol. The van der Waals surface area contributed by atoms with E-state index < -0.39 is 0 Å². The Morgan fingerprint density at radius 1 is 1.29 bits per heavy atom. The van der Waals surface area contributed by atoms with Gasteiger partial charge in [0.2, 0.25) is 5.91 Å². The van der Waals surface area contributed by atoms with Gasteiger partial charge in [-0.25, -0.2) is 0 Å². The Hall–Kier alpha value is -1.97. The topological polar surface area (TPSA) is 68.1 Å². The van der Waals surface area contributed by atoms with Crippen molar-refractivity contribution in [2.24, 2.45) is 5.73 Å². The molecular formula is C17H24N2O2. The number of ether oxygens (including phenoxy) is 1. The molecule has 0 atom stereocenters. The van der Waals surface area contributed by atoms with Crippen molar-refractivity contribution in [1.82, 2.24) is 4.98 Å². The minimum Gasteiger partial charge on any atom is -0.497 e. The summed E-state index contributed by atoms with van der Waals surface area (Å²) in [6.07, 6.45) is 9.03. The maximum Gasteiger partial charge on any atom is 0.214 e. The van der Waals surface area contributed by atoms with E-state index in [2.05, 4.69) is 29.0 Å². The molecule has 1 heterocycles. The molecule has 114 valence electrons. The molecule has 0 spiro atoms. The fraction of sp³-hybridized carbons (Fsp3) is 0.471. The summed E-state index contributed by atoms with van der Waals surface area (Å²) < 4.78 is 5.32. The first-order chi connectivity index (χ1) is 10.1. The molecule has 21 heavy (non-hydrogen) atoms. The molecule has 0 bridgehead atoms. The monoisotopic (exact) mass is 288 g/mol. The van der Waals surface area contributed by atoms with Crippen LogP contribution in [0.15, 0.2) is 24.4 Å². The predicted octanol–water partition coefficient (Wildman–Crippen LogP) is 3.72. The number of fused-ring (bicyclic) bond motifs is 1. The van der Waals surface area contributed by atoms with Gasteiger partial charge in [0.15, 0.2) is 0 Å². The number of amides is 1. The smallest absolute Gasteiger partial charge is 0.214 e. The summed E-state index contributed by atoms with van der Waals surface area (Å²) in [6.45, 7) is 1.31. The Labute approximate surface area is 125 Å². The first-order valence-corrected chi connectivity index (χ1v) is 7.53. The molecule has 0 unspecified atom stereocenters. The highest BCUT2D eigenvalue weighted by molar-refractivity contribution is 5.85. The second kappa shape index (κ2) is 7.16. The number of nitrogens with two attached hydrogens (primary N) is 1. The molecule has 3 rings (SSSR count). The molecule has 1 aromatic carbocycles. The fourth-order valence-electron chi connectivity index (χ4n) is 3.00. The highest BCUT2D eigenvalue weighted by Gasteiger charge is 2.18. The molecular weight excluding hydrogens is 264 g/mol. The Morgan fingerprint density at radius 3 is 2.57 bits per heavy atom. The maximum atomic E-state index is 9.22. The lowest BCUT2D eigenvalue weighted by molar-refractivity contribution is -0.115.